The predicted molar refractivity (Wildman–Crippen MR) is 75.6 cm³/mol. The Hall–Kier alpha value is -0.120. The summed E-state index contributed by atoms with van der Waals surface area (Å²) in [6.07, 6.45) is 5.42. The molecule has 2 rings (SSSR count). The van der Waals surface area contributed by atoms with E-state index < -0.39 is 0 Å². The molecule has 3 nitrogen and oxygen atoms in total. The number of piperidine rings is 1. The molecule has 2 N–H and O–H groups in total. The molecule has 2 saturated heterocycles. The molecule has 0 bridgehead atoms. The number of nitrogens with two attached hydrogens (primary N) is 1. The average Bonchev–Trinajstić information content (AvgIpc) is 2.83. The van der Waals surface area contributed by atoms with Crippen LogP contribution in [0.4, 0.5) is 0 Å². The van der Waals surface area contributed by atoms with Gasteiger partial charge in [-0.15, -0.1) is 0 Å². The van der Waals surface area contributed by atoms with Crippen LogP contribution in [0.2, 0.25) is 0 Å². The Morgan fingerprint density at radius 3 is 2.33 bits per heavy atom. The highest BCUT2D eigenvalue weighted by Gasteiger charge is 2.34. The van der Waals surface area contributed by atoms with Gasteiger partial charge in [-0.25, -0.2) is 0 Å². The van der Waals surface area contributed by atoms with E-state index >= 15 is 0 Å². The Labute approximate surface area is 112 Å². The minimum Gasteiger partial charge on any atom is -0.377 e. The van der Waals surface area contributed by atoms with E-state index in [1.807, 2.05) is 0 Å². The van der Waals surface area contributed by atoms with Crippen molar-refractivity contribution in [1.29, 1.82) is 0 Å². The summed E-state index contributed by atoms with van der Waals surface area (Å²) in [5.41, 5.74) is 6.43. The van der Waals surface area contributed by atoms with Crippen LogP contribution in [0.3, 0.4) is 0 Å². The molecule has 0 saturated carbocycles. The molecule has 106 valence electrons. The Balaban J connectivity index is 1.87. The van der Waals surface area contributed by atoms with E-state index in [0.29, 0.717) is 17.6 Å². The lowest BCUT2D eigenvalue weighted by Gasteiger charge is -2.43. The molecule has 0 spiro atoms. The van der Waals surface area contributed by atoms with E-state index in [9.17, 15) is 0 Å². The number of rotatable bonds is 3. The maximum Gasteiger partial charge on any atom is 0.0743 e. The first kappa shape index (κ1) is 14.3. The van der Waals surface area contributed by atoms with Crippen molar-refractivity contribution < 1.29 is 4.74 Å². The van der Waals surface area contributed by atoms with Crippen molar-refractivity contribution >= 4 is 0 Å². The monoisotopic (exact) mass is 254 g/mol. The largest absolute Gasteiger partial charge is 0.377 e. The second-order valence-corrected chi connectivity index (χ2v) is 7.03. The molecule has 2 atom stereocenters. The first-order valence-electron chi connectivity index (χ1n) is 7.58. The summed E-state index contributed by atoms with van der Waals surface area (Å²) in [5.74, 6) is 0.858. The van der Waals surface area contributed by atoms with Crippen LogP contribution in [0, 0.1) is 11.3 Å². The van der Waals surface area contributed by atoms with Crippen molar-refractivity contribution in [3.05, 3.63) is 0 Å². The van der Waals surface area contributed by atoms with Crippen LogP contribution < -0.4 is 5.73 Å². The molecule has 0 aromatic heterocycles. The Morgan fingerprint density at radius 2 is 1.89 bits per heavy atom. The van der Waals surface area contributed by atoms with Crippen LogP contribution in [0.25, 0.3) is 0 Å². The lowest BCUT2D eigenvalue weighted by molar-refractivity contribution is 0.00308. The molecule has 0 radical (unpaired) electrons. The van der Waals surface area contributed by atoms with Gasteiger partial charge in [0.05, 0.1) is 6.10 Å². The van der Waals surface area contributed by atoms with Crippen molar-refractivity contribution in [2.45, 2.75) is 58.6 Å². The maximum absolute atomic E-state index is 5.98. The van der Waals surface area contributed by atoms with E-state index in [-0.39, 0.29) is 0 Å². The molecule has 0 amide bonds. The molecular formula is C15H30N2O. The van der Waals surface area contributed by atoms with Gasteiger partial charge in [0.2, 0.25) is 0 Å². The van der Waals surface area contributed by atoms with Gasteiger partial charge in [-0.2, -0.15) is 0 Å². The summed E-state index contributed by atoms with van der Waals surface area (Å²) in [4.78, 5) is 2.58. The SMILES string of the molecule is CC(C)(C)C1CCN(C(CN)C2CCCO2)CC1. The number of hydrogen-bond acceptors (Lipinski definition) is 3. The lowest BCUT2D eigenvalue weighted by atomic mass is 9.75. The Kier molecular flexibility index (Phi) is 4.68. The van der Waals surface area contributed by atoms with Crippen molar-refractivity contribution in [2.24, 2.45) is 17.1 Å². The van der Waals surface area contributed by atoms with Crippen molar-refractivity contribution in [2.75, 3.05) is 26.2 Å². The lowest BCUT2D eigenvalue weighted by Crippen LogP contribution is -2.52. The van der Waals surface area contributed by atoms with Gasteiger partial charge in [-0.05, 0) is 50.1 Å². The first-order chi connectivity index (χ1) is 8.52. The van der Waals surface area contributed by atoms with Gasteiger partial charge in [-0.1, -0.05) is 20.8 Å². The highest BCUT2D eigenvalue weighted by molar-refractivity contribution is 4.88. The highest BCUT2D eigenvalue weighted by Crippen LogP contribution is 2.35. The zero-order valence-corrected chi connectivity index (χ0v) is 12.3. The van der Waals surface area contributed by atoms with Crippen LogP contribution in [0.1, 0.15) is 46.5 Å². The fraction of sp³-hybridized carbons (Fsp3) is 1.00. The Morgan fingerprint density at radius 1 is 1.22 bits per heavy atom. The summed E-state index contributed by atoms with van der Waals surface area (Å²) in [5, 5.41) is 0. The molecule has 0 aromatic rings. The van der Waals surface area contributed by atoms with Crippen LogP contribution >= 0.6 is 0 Å². The van der Waals surface area contributed by atoms with Gasteiger partial charge in [0, 0.05) is 19.2 Å². The minimum absolute atomic E-state index is 0.390. The molecule has 2 unspecified atom stereocenters. The van der Waals surface area contributed by atoms with Crippen LogP contribution in [-0.4, -0.2) is 43.3 Å². The van der Waals surface area contributed by atoms with Gasteiger partial charge in [0.25, 0.3) is 0 Å². The molecule has 2 fully saturated rings. The van der Waals surface area contributed by atoms with Crippen LogP contribution in [0.15, 0.2) is 0 Å². The third kappa shape index (κ3) is 3.25. The van der Waals surface area contributed by atoms with Crippen molar-refractivity contribution in [1.82, 2.24) is 4.90 Å². The van der Waals surface area contributed by atoms with Gasteiger partial charge in [0.15, 0.2) is 0 Å². The summed E-state index contributed by atoms with van der Waals surface area (Å²) in [6, 6.07) is 0.452. The average molecular weight is 254 g/mol. The smallest absolute Gasteiger partial charge is 0.0743 e. The van der Waals surface area contributed by atoms with Crippen LogP contribution in [-0.2, 0) is 4.74 Å². The molecular weight excluding hydrogens is 224 g/mol. The summed E-state index contributed by atoms with van der Waals surface area (Å²) < 4.78 is 5.83. The fourth-order valence-corrected chi connectivity index (χ4v) is 3.54. The van der Waals surface area contributed by atoms with E-state index in [0.717, 1.165) is 19.1 Å². The zero-order chi connectivity index (χ0) is 13.2. The second-order valence-electron chi connectivity index (χ2n) is 7.03. The molecule has 0 aromatic carbocycles. The molecule has 3 heteroatoms. The van der Waals surface area contributed by atoms with Crippen molar-refractivity contribution in [3.8, 4) is 0 Å². The molecule has 2 heterocycles. The first-order valence-corrected chi connectivity index (χ1v) is 7.58. The number of likely N-dealkylation sites (tertiary alicyclic amines) is 1. The summed E-state index contributed by atoms with van der Waals surface area (Å²) >= 11 is 0. The Bertz CT molecular complexity index is 248. The topological polar surface area (TPSA) is 38.5 Å². The number of nitrogens with zero attached hydrogens (tertiary/aromatic N) is 1. The molecule has 2 aliphatic heterocycles. The highest BCUT2D eigenvalue weighted by atomic mass is 16.5. The second kappa shape index (κ2) is 5.89. The zero-order valence-electron chi connectivity index (χ0n) is 12.3. The number of hydrogen-bond donors (Lipinski definition) is 1. The van der Waals surface area contributed by atoms with E-state index in [1.165, 1.54) is 38.8 Å². The summed E-state index contributed by atoms with van der Waals surface area (Å²) in [6.45, 7) is 11.2. The van der Waals surface area contributed by atoms with Gasteiger partial charge < -0.3 is 10.5 Å². The summed E-state index contributed by atoms with van der Waals surface area (Å²) in [7, 11) is 0. The number of ether oxygens (including phenoxy) is 1. The van der Waals surface area contributed by atoms with Crippen molar-refractivity contribution in [3.63, 3.8) is 0 Å². The van der Waals surface area contributed by atoms with E-state index in [4.69, 9.17) is 10.5 Å². The molecule has 18 heavy (non-hydrogen) atoms. The van der Waals surface area contributed by atoms with Gasteiger partial charge >= 0.3 is 0 Å². The normalized spacial score (nSPS) is 29.7. The molecule has 0 aliphatic carbocycles. The standard InChI is InChI=1S/C15H30N2O/c1-15(2,3)12-6-8-17(9-7-12)13(11-16)14-5-4-10-18-14/h12-14H,4-11,16H2,1-3H3. The van der Waals surface area contributed by atoms with Crippen LogP contribution in [0.5, 0.6) is 0 Å². The van der Waals surface area contributed by atoms with Gasteiger partial charge in [-0.3, -0.25) is 4.90 Å². The molecule has 2 aliphatic rings. The third-order valence-electron chi connectivity index (χ3n) is 4.86. The van der Waals surface area contributed by atoms with E-state index in [2.05, 4.69) is 25.7 Å². The predicted octanol–water partition coefficient (Wildman–Crippen LogP) is 2.25. The van der Waals surface area contributed by atoms with E-state index in [1.54, 1.807) is 0 Å². The fourth-order valence-electron chi connectivity index (χ4n) is 3.54. The quantitative estimate of drug-likeness (QED) is 0.839. The van der Waals surface area contributed by atoms with Gasteiger partial charge in [0.1, 0.15) is 0 Å². The third-order valence-corrected chi connectivity index (χ3v) is 4.86. The maximum atomic E-state index is 5.98. The minimum atomic E-state index is 0.390.